The van der Waals surface area contributed by atoms with Crippen LogP contribution >= 0.6 is 23.2 Å². The standard InChI is InChI=1S/C3H6Cl2FN/c4-3(5,6)1-2-7/h1-2,7H2. The molecule has 0 saturated heterocycles. The SMILES string of the molecule is NCCC(F)(Cl)Cl. The molecule has 0 spiro atoms. The van der Waals surface area contributed by atoms with Gasteiger partial charge in [-0.2, -0.15) is 0 Å². The van der Waals surface area contributed by atoms with Gasteiger partial charge in [0, 0.05) is 6.42 Å². The van der Waals surface area contributed by atoms with Crippen LogP contribution in [-0.2, 0) is 0 Å². The molecule has 0 amide bonds. The zero-order valence-electron chi connectivity index (χ0n) is 3.63. The first-order valence-corrected chi connectivity index (χ1v) is 2.58. The highest BCUT2D eigenvalue weighted by atomic mass is 35.5. The monoisotopic (exact) mass is 145 g/mol. The summed E-state index contributed by atoms with van der Waals surface area (Å²) in [6.45, 7) is 0.170. The van der Waals surface area contributed by atoms with Crippen LogP contribution in [0.3, 0.4) is 0 Å². The molecule has 0 aromatic carbocycles. The molecule has 0 aromatic heterocycles. The van der Waals surface area contributed by atoms with Gasteiger partial charge in [-0.25, -0.2) is 4.39 Å². The molecule has 0 aromatic rings. The summed E-state index contributed by atoms with van der Waals surface area (Å²) in [5, 5.41) is 0. The van der Waals surface area contributed by atoms with E-state index in [1.165, 1.54) is 0 Å². The van der Waals surface area contributed by atoms with E-state index in [-0.39, 0.29) is 13.0 Å². The fraction of sp³-hybridized carbons (Fsp3) is 1.00. The van der Waals surface area contributed by atoms with E-state index in [0.29, 0.717) is 0 Å². The van der Waals surface area contributed by atoms with Crippen LogP contribution < -0.4 is 5.73 Å². The Balaban J connectivity index is 3.15. The van der Waals surface area contributed by atoms with Crippen molar-refractivity contribution in [2.75, 3.05) is 6.54 Å². The van der Waals surface area contributed by atoms with Gasteiger partial charge in [-0.1, -0.05) is 23.2 Å². The molecule has 44 valence electrons. The molecule has 4 heteroatoms. The average Bonchev–Trinajstić information content (AvgIpc) is 1.30. The first-order valence-electron chi connectivity index (χ1n) is 1.83. The van der Waals surface area contributed by atoms with Gasteiger partial charge in [-0.3, -0.25) is 0 Å². The van der Waals surface area contributed by atoms with Gasteiger partial charge < -0.3 is 5.73 Å². The number of nitrogens with two attached hydrogens (primary N) is 1. The van der Waals surface area contributed by atoms with Crippen molar-refractivity contribution in [3.63, 3.8) is 0 Å². The normalized spacial score (nSPS) is 12.0. The molecule has 7 heavy (non-hydrogen) atoms. The minimum Gasteiger partial charge on any atom is -0.330 e. The summed E-state index contributed by atoms with van der Waals surface area (Å²) in [4.78, 5) is 0. The predicted octanol–water partition coefficient (Wildman–Crippen LogP) is 1.44. The first kappa shape index (κ1) is 7.47. The van der Waals surface area contributed by atoms with Gasteiger partial charge in [0.25, 0.3) is 4.59 Å². The molecular formula is C3H6Cl2FN. The van der Waals surface area contributed by atoms with E-state index in [1.807, 2.05) is 0 Å². The molecule has 2 N–H and O–H groups in total. The molecule has 0 atom stereocenters. The van der Waals surface area contributed by atoms with Crippen LogP contribution in [0.2, 0.25) is 0 Å². The second-order valence-corrected chi connectivity index (χ2v) is 2.55. The van der Waals surface area contributed by atoms with Crippen molar-refractivity contribution in [2.24, 2.45) is 5.73 Å². The van der Waals surface area contributed by atoms with E-state index >= 15 is 0 Å². The van der Waals surface area contributed by atoms with Crippen LogP contribution in [0.1, 0.15) is 6.42 Å². The predicted molar refractivity (Wildman–Crippen MR) is 29.2 cm³/mol. The molecule has 0 rings (SSSR count). The van der Waals surface area contributed by atoms with Crippen LogP contribution in [-0.4, -0.2) is 11.1 Å². The number of hydrogen-bond acceptors (Lipinski definition) is 1. The lowest BCUT2D eigenvalue weighted by molar-refractivity contribution is 0.375. The molecule has 0 bridgehead atoms. The van der Waals surface area contributed by atoms with E-state index in [0.717, 1.165) is 0 Å². The summed E-state index contributed by atoms with van der Waals surface area (Å²) in [6, 6.07) is 0. The summed E-state index contributed by atoms with van der Waals surface area (Å²) >= 11 is 9.70. The zero-order valence-corrected chi connectivity index (χ0v) is 5.14. The first-order chi connectivity index (χ1) is 3.06. The number of hydrogen-bond donors (Lipinski definition) is 1. The van der Waals surface area contributed by atoms with Crippen LogP contribution in [0.25, 0.3) is 0 Å². The molecule has 1 nitrogen and oxygen atoms in total. The molecule has 0 aliphatic heterocycles. The zero-order chi connectivity index (χ0) is 5.91. The van der Waals surface area contributed by atoms with Crippen molar-refractivity contribution in [1.29, 1.82) is 0 Å². The Bertz CT molecular complexity index is 51.4. The fourth-order valence-corrected chi connectivity index (χ4v) is 0.382. The molecular weight excluding hydrogens is 140 g/mol. The van der Waals surface area contributed by atoms with E-state index in [9.17, 15) is 4.39 Å². The average molecular weight is 146 g/mol. The van der Waals surface area contributed by atoms with E-state index in [2.05, 4.69) is 0 Å². The largest absolute Gasteiger partial charge is 0.330 e. The Morgan fingerprint density at radius 2 is 2.00 bits per heavy atom. The summed E-state index contributed by atoms with van der Waals surface area (Å²) < 4.78 is 9.71. The summed E-state index contributed by atoms with van der Waals surface area (Å²) in [5.41, 5.74) is 4.91. The second-order valence-electron chi connectivity index (χ2n) is 1.15. The minimum absolute atomic E-state index is 0.0177. The van der Waals surface area contributed by atoms with Gasteiger partial charge in [0.1, 0.15) is 0 Å². The third kappa shape index (κ3) is 6.47. The lowest BCUT2D eigenvalue weighted by Crippen LogP contribution is -2.11. The van der Waals surface area contributed by atoms with Crippen molar-refractivity contribution >= 4 is 23.2 Å². The van der Waals surface area contributed by atoms with Gasteiger partial charge in [0.05, 0.1) is 0 Å². The topological polar surface area (TPSA) is 26.0 Å². The third-order valence-corrected chi connectivity index (χ3v) is 0.806. The van der Waals surface area contributed by atoms with Crippen LogP contribution in [0, 0.1) is 0 Å². The van der Waals surface area contributed by atoms with Crippen molar-refractivity contribution in [3.05, 3.63) is 0 Å². The summed E-state index contributed by atoms with van der Waals surface area (Å²) in [5.74, 6) is 0. The minimum atomic E-state index is -2.13. The molecule has 0 aliphatic carbocycles. The van der Waals surface area contributed by atoms with Gasteiger partial charge >= 0.3 is 0 Å². The van der Waals surface area contributed by atoms with Crippen LogP contribution in [0.4, 0.5) is 4.39 Å². The smallest absolute Gasteiger partial charge is 0.258 e. The van der Waals surface area contributed by atoms with Gasteiger partial charge in [0.15, 0.2) is 0 Å². The van der Waals surface area contributed by atoms with Crippen LogP contribution in [0.5, 0.6) is 0 Å². The Morgan fingerprint density at radius 1 is 1.57 bits per heavy atom. The van der Waals surface area contributed by atoms with Gasteiger partial charge in [-0.15, -0.1) is 0 Å². The second kappa shape index (κ2) is 2.70. The Morgan fingerprint density at radius 3 is 2.00 bits per heavy atom. The Kier molecular flexibility index (Phi) is 2.88. The quantitative estimate of drug-likeness (QED) is 0.586. The van der Waals surface area contributed by atoms with E-state index in [1.54, 1.807) is 0 Å². The Labute approximate surface area is 51.6 Å². The highest BCUT2D eigenvalue weighted by Crippen LogP contribution is 2.25. The molecule has 0 saturated carbocycles. The number of alkyl halides is 3. The third-order valence-electron chi connectivity index (χ3n) is 0.428. The highest BCUT2D eigenvalue weighted by molar-refractivity contribution is 6.47. The number of rotatable bonds is 2. The maximum absolute atomic E-state index is 11.8. The van der Waals surface area contributed by atoms with Crippen molar-refractivity contribution < 1.29 is 4.39 Å². The van der Waals surface area contributed by atoms with Crippen molar-refractivity contribution in [2.45, 2.75) is 11.0 Å². The van der Waals surface area contributed by atoms with Gasteiger partial charge in [-0.05, 0) is 6.54 Å². The molecule has 0 heterocycles. The van der Waals surface area contributed by atoms with Gasteiger partial charge in [0.2, 0.25) is 0 Å². The van der Waals surface area contributed by atoms with Crippen molar-refractivity contribution in [1.82, 2.24) is 0 Å². The van der Waals surface area contributed by atoms with E-state index in [4.69, 9.17) is 28.9 Å². The lowest BCUT2D eigenvalue weighted by atomic mass is 10.5. The fourth-order valence-electron chi connectivity index (χ4n) is 0.164. The molecule has 0 fully saturated rings. The van der Waals surface area contributed by atoms with Crippen molar-refractivity contribution in [3.8, 4) is 0 Å². The summed E-state index contributed by atoms with van der Waals surface area (Å²) in [7, 11) is 0. The lowest BCUT2D eigenvalue weighted by Gasteiger charge is -2.03. The van der Waals surface area contributed by atoms with Crippen LogP contribution in [0.15, 0.2) is 0 Å². The maximum atomic E-state index is 11.8. The molecule has 0 unspecified atom stereocenters. The maximum Gasteiger partial charge on any atom is 0.258 e. The highest BCUT2D eigenvalue weighted by Gasteiger charge is 2.19. The molecule has 0 aliphatic rings. The Hall–Kier alpha value is 0.470. The summed E-state index contributed by atoms with van der Waals surface area (Å²) in [6.07, 6.45) is -0.0177. The van der Waals surface area contributed by atoms with E-state index < -0.39 is 4.59 Å². The number of halogens is 3. The molecule has 0 radical (unpaired) electrons.